The van der Waals surface area contributed by atoms with E-state index in [4.69, 9.17) is 0 Å². The summed E-state index contributed by atoms with van der Waals surface area (Å²) in [6.07, 6.45) is 5.50. The molecule has 0 radical (unpaired) electrons. The van der Waals surface area contributed by atoms with Gasteiger partial charge in [-0.25, -0.2) is 0 Å². The summed E-state index contributed by atoms with van der Waals surface area (Å²) in [5, 5.41) is 22.4. The molecule has 5 heteroatoms. The molecule has 0 spiro atoms. The van der Waals surface area contributed by atoms with E-state index in [0.717, 1.165) is 38.5 Å². The molecule has 2 unspecified atom stereocenters. The van der Waals surface area contributed by atoms with Gasteiger partial charge in [0.1, 0.15) is 6.04 Å². The van der Waals surface area contributed by atoms with Crippen LogP contribution >= 0.6 is 0 Å². The van der Waals surface area contributed by atoms with E-state index < -0.39 is 0 Å². The van der Waals surface area contributed by atoms with Crippen molar-refractivity contribution in [2.24, 2.45) is 11.8 Å². The third-order valence-electron chi connectivity index (χ3n) is 6.01. The number of carbonyl (C=O) groups excluding carboxylic acids is 1. The van der Waals surface area contributed by atoms with Crippen molar-refractivity contribution in [2.75, 3.05) is 6.54 Å². The largest absolute Gasteiger partial charge is 0.393 e. The Kier molecular flexibility index (Phi) is 4.17. The molecule has 1 saturated heterocycles. The van der Waals surface area contributed by atoms with Crippen LogP contribution in [-0.2, 0) is 4.79 Å². The maximum Gasteiger partial charge on any atom is 0.237 e. The first-order valence-electron chi connectivity index (χ1n) is 8.56. The maximum atomic E-state index is 12.5. The molecule has 0 aromatic carbocycles. The van der Waals surface area contributed by atoms with Gasteiger partial charge in [0.15, 0.2) is 0 Å². The van der Waals surface area contributed by atoms with Crippen molar-refractivity contribution in [3.63, 3.8) is 0 Å². The molecule has 2 N–H and O–H groups in total. The van der Waals surface area contributed by atoms with Gasteiger partial charge in [0.25, 0.3) is 0 Å². The molecule has 122 valence electrons. The first-order valence-corrected chi connectivity index (χ1v) is 8.56. The summed E-state index contributed by atoms with van der Waals surface area (Å²) < 4.78 is 0. The highest BCUT2D eigenvalue weighted by Crippen LogP contribution is 2.48. The summed E-state index contributed by atoms with van der Waals surface area (Å²) in [5.41, 5.74) is -0.00373. The van der Waals surface area contributed by atoms with Crippen LogP contribution in [0.5, 0.6) is 0 Å². The van der Waals surface area contributed by atoms with Gasteiger partial charge in [-0.2, -0.15) is 5.26 Å². The van der Waals surface area contributed by atoms with E-state index in [-0.39, 0.29) is 29.6 Å². The number of hydrogen-bond acceptors (Lipinski definition) is 4. The fraction of sp³-hybridized carbons (Fsp3) is 0.882. The zero-order valence-corrected chi connectivity index (χ0v) is 13.6. The fourth-order valence-electron chi connectivity index (χ4n) is 4.98. The molecule has 0 aromatic heterocycles. The van der Waals surface area contributed by atoms with Gasteiger partial charge in [-0.3, -0.25) is 4.79 Å². The predicted molar refractivity (Wildman–Crippen MR) is 82.8 cm³/mol. The second-order valence-corrected chi connectivity index (χ2v) is 7.84. The van der Waals surface area contributed by atoms with Gasteiger partial charge in [0, 0.05) is 11.6 Å². The Morgan fingerprint density at radius 1 is 1.36 bits per heavy atom. The number of amides is 1. The van der Waals surface area contributed by atoms with Gasteiger partial charge in [0.2, 0.25) is 5.91 Å². The van der Waals surface area contributed by atoms with Crippen LogP contribution < -0.4 is 5.32 Å². The van der Waals surface area contributed by atoms with Crippen molar-refractivity contribution >= 4 is 5.91 Å². The summed E-state index contributed by atoms with van der Waals surface area (Å²) in [5.74, 6) is 1.25. The Hall–Kier alpha value is -1.12. The number of likely N-dealkylation sites (tertiary alicyclic amines) is 1. The Morgan fingerprint density at radius 3 is 2.59 bits per heavy atom. The van der Waals surface area contributed by atoms with E-state index in [1.165, 1.54) is 0 Å². The molecule has 6 atom stereocenters. The third kappa shape index (κ3) is 2.87. The zero-order valence-electron chi connectivity index (χ0n) is 13.6. The number of rotatable bonds is 3. The SMILES string of the molecule is C[C@H]1CC[C@@H](C#N)N1C(=O)CNC1(C)C[C@H]2CC(O)C[C@H]2C1. The van der Waals surface area contributed by atoms with Gasteiger partial charge in [-0.05, 0) is 64.2 Å². The lowest BCUT2D eigenvalue weighted by molar-refractivity contribution is -0.132. The fourth-order valence-corrected chi connectivity index (χ4v) is 4.98. The standard InChI is InChI=1S/C17H27N3O2/c1-11-3-4-14(9-18)20(11)16(22)10-19-17(2)7-12-5-15(21)6-13(12)8-17/h11-15,19,21H,3-8,10H2,1-2H3/t11-,12-,13+,14-,15?,17?/m0/s1. The number of fused-ring (bicyclic) bond motifs is 1. The van der Waals surface area contributed by atoms with E-state index in [1.807, 2.05) is 6.92 Å². The number of aliphatic hydroxyl groups is 1. The van der Waals surface area contributed by atoms with Gasteiger partial charge >= 0.3 is 0 Å². The lowest BCUT2D eigenvalue weighted by Gasteiger charge is -2.30. The smallest absolute Gasteiger partial charge is 0.237 e. The van der Waals surface area contributed by atoms with Gasteiger partial charge in [0.05, 0.1) is 18.7 Å². The highest BCUT2D eigenvalue weighted by Gasteiger charge is 2.47. The summed E-state index contributed by atoms with van der Waals surface area (Å²) in [6.45, 7) is 4.54. The summed E-state index contributed by atoms with van der Waals surface area (Å²) in [7, 11) is 0. The Labute approximate surface area is 132 Å². The van der Waals surface area contributed by atoms with Crippen molar-refractivity contribution in [2.45, 2.75) is 76.1 Å². The molecule has 2 saturated carbocycles. The van der Waals surface area contributed by atoms with Gasteiger partial charge < -0.3 is 15.3 Å². The zero-order chi connectivity index (χ0) is 15.9. The number of nitrogens with one attached hydrogen (secondary N) is 1. The molecule has 5 nitrogen and oxygen atoms in total. The van der Waals surface area contributed by atoms with Crippen molar-refractivity contribution in [3.05, 3.63) is 0 Å². The number of hydrogen-bond donors (Lipinski definition) is 2. The lowest BCUT2D eigenvalue weighted by Crippen LogP contribution is -2.49. The van der Waals surface area contributed by atoms with Crippen LogP contribution in [0.1, 0.15) is 52.4 Å². The summed E-state index contributed by atoms with van der Waals surface area (Å²) >= 11 is 0. The highest BCUT2D eigenvalue weighted by atomic mass is 16.3. The Morgan fingerprint density at radius 2 is 2.00 bits per heavy atom. The minimum absolute atomic E-state index is 0.00373. The van der Waals surface area contributed by atoms with Gasteiger partial charge in [-0.1, -0.05) is 0 Å². The highest BCUT2D eigenvalue weighted by molar-refractivity contribution is 5.79. The first kappa shape index (κ1) is 15.8. The van der Waals surface area contributed by atoms with Crippen LogP contribution in [-0.4, -0.2) is 46.2 Å². The molecule has 22 heavy (non-hydrogen) atoms. The van der Waals surface area contributed by atoms with Crippen LogP contribution in [0.25, 0.3) is 0 Å². The van der Waals surface area contributed by atoms with Crippen LogP contribution in [0.15, 0.2) is 0 Å². The average Bonchev–Trinajstić information content (AvgIpc) is 3.07. The molecule has 2 aliphatic carbocycles. The van der Waals surface area contributed by atoms with Crippen LogP contribution in [0, 0.1) is 23.2 Å². The minimum Gasteiger partial charge on any atom is -0.393 e. The van der Waals surface area contributed by atoms with E-state index in [2.05, 4.69) is 18.3 Å². The first-order chi connectivity index (χ1) is 10.4. The van der Waals surface area contributed by atoms with Crippen molar-refractivity contribution in [1.82, 2.24) is 10.2 Å². The molecule has 3 rings (SSSR count). The minimum atomic E-state index is -0.254. The van der Waals surface area contributed by atoms with Crippen molar-refractivity contribution in [1.29, 1.82) is 5.26 Å². The van der Waals surface area contributed by atoms with Crippen molar-refractivity contribution < 1.29 is 9.90 Å². The predicted octanol–water partition coefficient (Wildman–Crippen LogP) is 1.42. The monoisotopic (exact) mass is 305 g/mol. The molecular weight excluding hydrogens is 278 g/mol. The normalized spacial score (nSPS) is 44.1. The van der Waals surface area contributed by atoms with Crippen LogP contribution in [0.2, 0.25) is 0 Å². The van der Waals surface area contributed by atoms with Crippen LogP contribution in [0.3, 0.4) is 0 Å². The van der Waals surface area contributed by atoms with E-state index >= 15 is 0 Å². The Balaban J connectivity index is 1.54. The second-order valence-electron chi connectivity index (χ2n) is 7.84. The second kappa shape index (κ2) is 5.82. The number of nitriles is 1. The quantitative estimate of drug-likeness (QED) is 0.827. The number of nitrogens with zero attached hydrogens (tertiary/aromatic N) is 2. The number of carbonyl (C=O) groups is 1. The average molecular weight is 305 g/mol. The molecule has 1 aliphatic heterocycles. The van der Waals surface area contributed by atoms with E-state index in [9.17, 15) is 15.2 Å². The molecule has 1 amide bonds. The summed E-state index contributed by atoms with van der Waals surface area (Å²) in [4.78, 5) is 14.3. The maximum absolute atomic E-state index is 12.5. The topological polar surface area (TPSA) is 76.4 Å². The molecule has 3 fully saturated rings. The van der Waals surface area contributed by atoms with E-state index in [0.29, 0.717) is 18.4 Å². The molecule has 0 bridgehead atoms. The van der Waals surface area contributed by atoms with Gasteiger partial charge in [-0.15, -0.1) is 0 Å². The Bertz CT molecular complexity index is 473. The third-order valence-corrected chi connectivity index (χ3v) is 6.01. The molecule has 3 aliphatic rings. The van der Waals surface area contributed by atoms with Crippen molar-refractivity contribution in [3.8, 4) is 6.07 Å². The molecular formula is C17H27N3O2. The summed E-state index contributed by atoms with van der Waals surface area (Å²) in [6, 6.07) is 2.17. The lowest BCUT2D eigenvalue weighted by atomic mass is 9.95. The molecule has 1 heterocycles. The molecule has 0 aromatic rings. The number of aliphatic hydroxyl groups excluding tert-OH is 1. The van der Waals surface area contributed by atoms with E-state index in [1.54, 1.807) is 4.90 Å². The van der Waals surface area contributed by atoms with Crippen LogP contribution in [0.4, 0.5) is 0 Å².